The highest BCUT2D eigenvalue weighted by Crippen LogP contribution is 2.12. The Hall–Kier alpha value is -1.08. The number of hydrogen-bond acceptors (Lipinski definition) is 1. The van der Waals surface area contributed by atoms with E-state index in [1.54, 1.807) is 0 Å². The summed E-state index contributed by atoms with van der Waals surface area (Å²) in [7, 11) is 0. The van der Waals surface area contributed by atoms with Gasteiger partial charge in [-0.25, -0.2) is 0 Å². The lowest BCUT2D eigenvalue weighted by atomic mass is 9.96. The first kappa shape index (κ1) is 12.0. The lowest BCUT2D eigenvalue weighted by Crippen LogP contribution is -2.32. The predicted octanol–water partition coefficient (Wildman–Crippen LogP) is 3.39. The van der Waals surface area contributed by atoms with Gasteiger partial charge in [0.15, 0.2) is 0 Å². The molecule has 0 amide bonds. The summed E-state index contributed by atoms with van der Waals surface area (Å²) in [4.78, 5) is 0. The zero-order valence-corrected chi connectivity index (χ0v) is 9.96. The summed E-state index contributed by atoms with van der Waals surface area (Å²) >= 11 is 0. The third kappa shape index (κ3) is 4.80. The molecule has 1 aromatic carbocycles. The van der Waals surface area contributed by atoms with Crippen molar-refractivity contribution in [1.82, 2.24) is 0 Å². The van der Waals surface area contributed by atoms with Crippen LogP contribution in [-0.4, -0.2) is 5.54 Å². The molecule has 1 heteroatoms. The SMILES string of the molecule is CC=Cc1ccc(CCC(C)(C)N)cc1. The van der Waals surface area contributed by atoms with E-state index in [9.17, 15) is 0 Å². The van der Waals surface area contributed by atoms with E-state index in [0.29, 0.717) is 0 Å². The summed E-state index contributed by atoms with van der Waals surface area (Å²) in [6.07, 6.45) is 6.24. The highest BCUT2D eigenvalue weighted by molar-refractivity contribution is 5.49. The molecule has 0 atom stereocenters. The minimum atomic E-state index is -0.0675. The number of aryl methyl sites for hydroxylation is 1. The molecule has 1 nitrogen and oxygen atoms in total. The smallest absolute Gasteiger partial charge is 0.0100 e. The Balaban J connectivity index is 2.57. The Bertz CT molecular complexity index is 314. The van der Waals surface area contributed by atoms with Crippen LogP contribution in [0.15, 0.2) is 30.3 Å². The minimum Gasteiger partial charge on any atom is -0.326 e. The van der Waals surface area contributed by atoms with E-state index in [0.717, 1.165) is 12.8 Å². The standard InChI is InChI=1S/C14H21N/c1-4-5-12-6-8-13(9-7-12)10-11-14(2,3)15/h4-9H,10-11,15H2,1-3H3. The van der Waals surface area contributed by atoms with Gasteiger partial charge in [-0.05, 0) is 44.7 Å². The summed E-state index contributed by atoms with van der Waals surface area (Å²) in [6.45, 7) is 6.17. The monoisotopic (exact) mass is 203 g/mol. The molecule has 0 fully saturated rings. The van der Waals surface area contributed by atoms with Crippen LogP contribution in [0.5, 0.6) is 0 Å². The van der Waals surface area contributed by atoms with Crippen LogP contribution < -0.4 is 5.73 Å². The summed E-state index contributed by atoms with van der Waals surface area (Å²) in [5.74, 6) is 0. The molecule has 0 saturated carbocycles. The number of allylic oxidation sites excluding steroid dienone is 1. The van der Waals surface area contributed by atoms with Crippen molar-refractivity contribution in [2.75, 3.05) is 0 Å². The van der Waals surface area contributed by atoms with E-state index >= 15 is 0 Å². The Morgan fingerprint density at radius 3 is 2.27 bits per heavy atom. The molecule has 0 aliphatic rings. The molecule has 0 aliphatic heterocycles. The summed E-state index contributed by atoms with van der Waals surface area (Å²) in [5, 5.41) is 0. The largest absolute Gasteiger partial charge is 0.326 e. The van der Waals surface area contributed by atoms with Gasteiger partial charge in [0, 0.05) is 5.54 Å². The van der Waals surface area contributed by atoms with Crippen LogP contribution in [0.4, 0.5) is 0 Å². The normalized spacial score (nSPS) is 12.3. The molecule has 2 N–H and O–H groups in total. The molecule has 0 unspecified atom stereocenters. The van der Waals surface area contributed by atoms with Crippen LogP contribution in [0, 0.1) is 0 Å². The molecule has 0 heterocycles. The van der Waals surface area contributed by atoms with E-state index < -0.39 is 0 Å². The van der Waals surface area contributed by atoms with Gasteiger partial charge < -0.3 is 5.73 Å². The molecule has 82 valence electrons. The van der Waals surface area contributed by atoms with Gasteiger partial charge in [0.25, 0.3) is 0 Å². The molecule has 1 rings (SSSR count). The number of benzene rings is 1. The highest BCUT2D eigenvalue weighted by Gasteiger charge is 2.09. The Morgan fingerprint density at radius 2 is 1.80 bits per heavy atom. The van der Waals surface area contributed by atoms with Crippen molar-refractivity contribution in [1.29, 1.82) is 0 Å². The van der Waals surface area contributed by atoms with Gasteiger partial charge in [0.1, 0.15) is 0 Å². The van der Waals surface area contributed by atoms with Crippen molar-refractivity contribution in [2.24, 2.45) is 5.73 Å². The Morgan fingerprint density at radius 1 is 1.20 bits per heavy atom. The fourth-order valence-corrected chi connectivity index (χ4v) is 1.45. The molecular formula is C14H21N. The van der Waals surface area contributed by atoms with Gasteiger partial charge in [-0.1, -0.05) is 36.4 Å². The van der Waals surface area contributed by atoms with E-state index in [4.69, 9.17) is 5.73 Å². The van der Waals surface area contributed by atoms with Crippen molar-refractivity contribution in [2.45, 2.75) is 39.2 Å². The number of rotatable bonds is 4. The van der Waals surface area contributed by atoms with Crippen molar-refractivity contribution in [3.63, 3.8) is 0 Å². The second-order valence-electron chi connectivity index (χ2n) is 4.73. The van der Waals surface area contributed by atoms with Crippen molar-refractivity contribution >= 4 is 6.08 Å². The second kappa shape index (κ2) is 5.13. The van der Waals surface area contributed by atoms with Gasteiger partial charge >= 0.3 is 0 Å². The quantitative estimate of drug-likeness (QED) is 0.797. The molecule has 0 aliphatic carbocycles. The number of nitrogens with two attached hydrogens (primary N) is 1. The van der Waals surface area contributed by atoms with E-state index in [2.05, 4.69) is 50.3 Å². The van der Waals surface area contributed by atoms with Gasteiger partial charge in [0.2, 0.25) is 0 Å². The van der Waals surface area contributed by atoms with E-state index in [1.165, 1.54) is 11.1 Å². The van der Waals surface area contributed by atoms with Gasteiger partial charge in [-0.15, -0.1) is 0 Å². The first-order valence-corrected chi connectivity index (χ1v) is 5.52. The van der Waals surface area contributed by atoms with Crippen LogP contribution in [0.2, 0.25) is 0 Å². The predicted molar refractivity (Wildman–Crippen MR) is 67.7 cm³/mol. The second-order valence-corrected chi connectivity index (χ2v) is 4.73. The maximum Gasteiger partial charge on any atom is 0.0100 e. The van der Waals surface area contributed by atoms with Crippen LogP contribution >= 0.6 is 0 Å². The summed E-state index contributed by atoms with van der Waals surface area (Å²) < 4.78 is 0. The summed E-state index contributed by atoms with van der Waals surface area (Å²) in [6, 6.07) is 8.67. The Kier molecular flexibility index (Phi) is 4.10. The van der Waals surface area contributed by atoms with Crippen LogP contribution in [0.3, 0.4) is 0 Å². The molecule has 15 heavy (non-hydrogen) atoms. The lowest BCUT2D eigenvalue weighted by molar-refractivity contribution is 0.477. The lowest BCUT2D eigenvalue weighted by Gasteiger charge is -2.17. The first-order chi connectivity index (χ1) is 7.01. The fraction of sp³-hybridized carbons (Fsp3) is 0.429. The van der Waals surface area contributed by atoms with E-state index in [1.807, 2.05) is 6.92 Å². The minimum absolute atomic E-state index is 0.0675. The first-order valence-electron chi connectivity index (χ1n) is 5.52. The maximum atomic E-state index is 5.95. The number of hydrogen-bond donors (Lipinski definition) is 1. The van der Waals surface area contributed by atoms with E-state index in [-0.39, 0.29) is 5.54 Å². The van der Waals surface area contributed by atoms with Crippen molar-refractivity contribution in [3.05, 3.63) is 41.5 Å². The molecule has 0 spiro atoms. The van der Waals surface area contributed by atoms with Crippen LogP contribution in [-0.2, 0) is 6.42 Å². The average molecular weight is 203 g/mol. The highest BCUT2D eigenvalue weighted by atomic mass is 14.7. The average Bonchev–Trinajstić information content (AvgIpc) is 2.16. The topological polar surface area (TPSA) is 26.0 Å². The fourth-order valence-electron chi connectivity index (χ4n) is 1.45. The summed E-state index contributed by atoms with van der Waals surface area (Å²) in [5.41, 5.74) is 8.50. The van der Waals surface area contributed by atoms with Gasteiger partial charge in [0.05, 0.1) is 0 Å². The third-order valence-corrected chi connectivity index (χ3v) is 2.40. The van der Waals surface area contributed by atoms with Gasteiger partial charge in [-0.3, -0.25) is 0 Å². The van der Waals surface area contributed by atoms with Crippen molar-refractivity contribution < 1.29 is 0 Å². The molecule has 0 bridgehead atoms. The third-order valence-electron chi connectivity index (χ3n) is 2.40. The molecule has 0 saturated heterocycles. The molecule has 0 aromatic heterocycles. The van der Waals surface area contributed by atoms with Crippen LogP contribution in [0.25, 0.3) is 6.08 Å². The zero-order valence-electron chi connectivity index (χ0n) is 9.96. The maximum absolute atomic E-state index is 5.95. The molecule has 0 radical (unpaired) electrons. The van der Waals surface area contributed by atoms with Crippen molar-refractivity contribution in [3.8, 4) is 0 Å². The molecular weight excluding hydrogens is 182 g/mol. The van der Waals surface area contributed by atoms with Gasteiger partial charge in [-0.2, -0.15) is 0 Å². The van der Waals surface area contributed by atoms with Crippen LogP contribution in [0.1, 0.15) is 38.3 Å². The Labute approximate surface area is 93.0 Å². The zero-order chi connectivity index (χ0) is 11.3. The molecule has 1 aromatic rings.